The highest BCUT2D eigenvalue weighted by atomic mass is 79.9. The van der Waals surface area contributed by atoms with Crippen molar-refractivity contribution >= 4 is 28.0 Å². The van der Waals surface area contributed by atoms with Crippen molar-refractivity contribution < 1.29 is 23.8 Å². The van der Waals surface area contributed by atoms with Gasteiger partial charge < -0.3 is 9.84 Å². The molecule has 0 fully saturated rings. The third kappa shape index (κ3) is 4.79. The predicted molar refractivity (Wildman–Crippen MR) is 93.5 cm³/mol. The van der Waals surface area contributed by atoms with Crippen LogP contribution in [0.4, 0.5) is 9.18 Å². The number of nitrogens with zero attached hydrogens (tertiary/aromatic N) is 1. The lowest BCUT2D eigenvalue weighted by Crippen LogP contribution is -2.39. The molecule has 1 unspecified atom stereocenters. The zero-order valence-electron chi connectivity index (χ0n) is 13.5. The maximum atomic E-state index is 13.6. The molecule has 0 heterocycles. The first kappa shape index (κ1) is 18.9. The number of carboxylic acids is 1. The van der Waals surface area contributed by atoms with Gasteiger partial charge in [-0.2, -0.15) is 0 Å². The molecule has 0 aromatic heterocycles. The van der Waals surface area contributed by atoms with Gasteiger partial charge in [0.25, 0.3) is 0 Å². The van der Waals surface area contributed by atoms with Crippen molar-refractivity contribution in [2.75, 3.05) is 6.54 Å². The van der Waals surface area contributed by atoms with Crippen molar-refractivity contribution in [3.63, 3.8) is 0 Å². The first-order valence-corrected chi connectivity index (χ1v) is 8.38. The average Bonchev–Trinajstić information content (AvgIpc) is 2.60. The highest BCUT2D eigenvalue weighted by molar-refractivity contribution is 9.10. The molecule has 2 aromatic rings. The lowest BCUT2D eigenvalue weighted by Gasteiger charge is -2.28. The number of carbonyl (C=O) groups is 2. The summed E-state index contributed by atoms with van der Waals surface area (Å²) in [6.45, 7) is 1.74. The number of carboxylic acid groups (broad SMARTS) is 1. The van der Waals surface area contributed by atoms with Crippen molar-refractivity contribution in [1.29, 1.82) is 0 Å². The first-order valence-electron chi connectivity index (χ1n) is 7.59. The van der Waals surface area contributed by atoms with E-state index in [0.717, 1.165) is 16.5 Å². The number of hydrogen-bond acceptors (Lipinski definition) is 3. The summed E-state index contributed by atoms with van der Waals surface area (Å²) in [5.41, 5.74) is 0.928. The summed E-state index contributed by atoms with van der Waals surface area (Å²) in [4.78, 5) is 25.2. The molecule has 0 spiro atoms. The number of halogens is 2. The Morgan fingerprint density at radius 3 is 2.52 bits per heavy atom. The molecule has 2 rings (SSSR count). The number of amides is 1. The average molecular weight is 410 g/mol. The fraction of sp³-hybridized carbons (Fsp3) is 0.222. The molecule has 1 amide bonds. The van der Waals surface area contributed by atoms with Crippen LogP contribution in [0, 0.1) is 5.82 Å². The Morgan fingerprint density at radius 1 is 1.24 bits per heavy atom. The lowest BCUT2D eigenvalue weighted by molar-refractivity contribution is -0.143. The standard InChI is InChI=1S/C18H17BrFNO4/c1-2-21(18(24)25-11-12-6-4-3-5-7-12)16(17(22)23)14-10-13(20)8-9-15(14)19/h3-10,16H,2,11H2,1H3,(H,22,23). The summed E-state index contributed by atoms with van der Waals surface area (Å²) >= 11 is 3.21. The van der Waals surface area contributed by atoms with E-state index >= 15 is 0 Å². The molecular weight excluding hydrogens is 393 g/mol. The van der Waals surface area contributed by atoms with Crippen molar-refractivity contribution in [2.24, 2.45) is 0 Å². The molecule has 1 atom stereocenters. The SMILES string of the molecule is CCN(C(=O)OCc1ccccc1)C(C(=O)O)c1cc(F)ccc1Br. The molecule has 1 N–H and O–H groups in total. The summed E-state index contributed by atoms with van der Waals surface area (Å²) in [5, 5.41) is 9.58. The number of likely N-dealkylation sites (N-methyl/N-ethyl adjacent to an activating group) is 1. The second kappa shape index (κ2) is 8.62. The van der Waals surface area contributed by atoms with Gasteiger partial charge in [-0.25, -0.2) is 14.0 Å². The molecule has 0 aliphatic carbocycles. The van der Waals surface area contributed by atoms with Crippen LogP contribution >= 0.6 is 15.9 Å². The van der Waals surface area contributed by atoms with Gasteiger partial charge in [-0.05, 0) is 30.7 Å². The Kier molecular flexibility index (Phi) is 6.52. The third-order valence-corrected chi connectivity index (χ3v) is 4.30. The van der Waals surface area contributed by atoms with E-state index in [1.54, 1.807) is 19.1 Å². The molecular formula is C18H17BrFNO4. The van der Waals surface area contributed by atoms with E-state index < -0.39 is 23.9 Å². The van der Waals surface area contributed by atoms with E-state index in [-0.39, 0.29) is 18.7 Å². The molecule has 7 heteroatoms. The number of hydrogen-bond donors (Lipinski definition) is 1. The molecule has 2 aromatic carbocycles. The van der Waals surface area contributed by atoms with Crippen LogP contribution in [0.2, 0.25) is 0 Å². The van der Waals surface area contributed by atoms with Crippen LogP contribution in [0.15, 0.2) is 53.0 Å². The molecule has 25 heavy (non-hydrogen) atoms. The second-order valence-corrected chi connectivity index (χ2v) is 6.09. The summed E-state index contributed by atoms with van der Waals surface area (Å²) in [5.74, 6) is -1.86. The molecule has 0 saturated heterocycles. The van der Waals surface area contributed by atoms with Gasteiger partial charge in [0.2, 0.25) is 0 Å². The maximum Gasteiger partial charge on any atom is 0.411 e. The highest BCUT2D eigenvalue weighted by Gasteiger charge is 2.33. The number of ether oxygens (including phenoxy) is 1. The summed E-state index contributed by atoms with van der Waals surface area (Å²) in [7, 11) is 0. The minimum absolute atomic E-state index is 0.0207. The van der Waals surface area contributed by atoms with Crippen LogP contribution in [0.3, 0.4) is 0 Å². The normalized spacial score (nSPS) is 11.6. The summed E-state index contributed by atoms with van der Waals surface area (Å²) < 4.78 is 19.2. The number of aliphatic carboxylic acids is 1. The van der Waals surface area contributed by atoms with Crippen molar-refractivity contribution in [3.05, 3.63) is 69.9 Å². The summed E-state index contributed by atoms with van der Waals surface area (Å²) in [6.07, 6.45) is -0.782. The van der Waals surface area contributed by atoms with E-state index in [1.807, 2.05) is 18.2 Å². The minimum atomic E-state index is -1.36. The quantitative estimate of drug-likeness (QED) is 0.768. The molecule has 132 valence electrons. The van der Waals surface area contributed by atoms with Crippen LogP contribution in [0.5, 0.6) is 0 Å². The van der Waals surface area contributed by atoms with Crippen molar-refractivity contribution in [2.45, 2.75) is 19.6 Å². The Balaban J connectivity index is 2.23. The largest absolute Gasteiger partial charge is 0.479 e. The molecule has 0 bridgehead atoms. The number of carbonyl (C=O) groups excluding carboxylic acids is 1. The van der Waals surface area contributed by atoms with Gasteiger partial charge in [0.05, 0.1) is 0 Å². The number of rotatable bonds is 6. The Morgan fingerprint density at radius 2 is 1.92 bits per heavy atom. The molecule has 0 aliphatic rings. The maximum absolute atomic E-state index is 13.6. The van der Waals surface area contributed by atoms with Gasteiger partial charge in [-0.1, -0.05) is 46.3 Å². The smallest absolute Gasteiger partial charge is 0.411 e. The lowest BCUT2D eigenvalue weighted by atomic mass is 10.1. The molecule has 0 aliphatic heterocycles. The van der Waals surface area contributed by atoms with Crippen LogP contribution in [0.25, 0.3) is 0 Å². The van der Waals surface area contributed by atoms with E-state index in [4.69, 9.17) is 4.74 Å². The van der Waals surface area contributed by atoms with Gasteiger partial charge in [0.1, 0.15) is 12.4 Å². The van der Waals surface area contributed by atoms with Crippen LogP contribution in [-0.2, 0) is 16.1 Å². The van der Waals surface area contributed by atoms with E-state index in [2.05, 4.69) is 15.9 Å². The van der Waals surface area contributed by atoms with Crippen molar-refractivity contribution in [3.8, 4) is 0 Å². The van der Waals surface area contributed by atoms with Crippen LogP contribution in [-0.4, -0.2) is 28.6 Å². The fourth-order valence-electron chi connectivity index (χ4n) is 2.38. The van der Waals surface area contributed by atoms with Gasteiger partial charge in [0.15, 0.2) is 6.04 Å². The Bertz CT molecular complexity index is 754. The van der Waals surface area contributed by atoms with Gasteiger partial charge >= 0.3 is 12.1 Å². The summed E-state index contributed by atoms with van der Waals surface area (Å²) in [6, 6.07) is 11.4. The van der Waals surface area contributed by atoms with Crippen molar-refractivity contribution in [1.82, 2.24) is 4.90 Å². The first-order chi connectivity index (χ1) is 11.9. The third-order valence-electron chi connectivity index (χ3n) is 3.58. The Hall–Kier alpha value is -2.41. The van der Waals surface area contributed by atoms with E-state index in [1.165, 1.54) is 12.1 Å². The zero-order valence-corrected chi connectivity index (χ0v) is 15.1. The van der Waals surface area contributed by atoms with Crippen LogP contribution in [0.1, 0.15) is 24.1 Å². The minimum Gasteiger partial charge on any atom is -0.479 e. The van der Waals surface area contributed by atoms with Gasteiger partial charge in [-0.15, -0.1) is 0 Å². The second-order valence-electron chi connectivity index (χ2n) is 5.23. The monoisotopic (exact) mass is 409 g/mol. The predicted octanol–water partition coefficient (Wildman–Crippen LogP) is 4.37. The fourth-order valence-corrected chi connectivity index (χ4v) is 2.84. The van der Waals surface area contributed by atoms with E-state index in [9.17, 15) is 19.1 Å². The van der Waals surface area contributed by atoms with Gasteiger partial charge in [-0.3, -0.25) is 4.90 Å². The highest BCUT2D eigenvalue weighted by Crippen LogP contribution is 2.29. The molecule has 0 saturated carbocycles. The van der Waals surface area contributed by atoms with E-state index in [0.29, 0.717) is 4.47 Å². The van der Waals surface area contributed by atoms with Crippen LogP contribution < -0.4 is 0 Å². The van der Waals surface area contributed by atoms with Gasteiger partial charge in [0, 0.05) is 16.6 Å². The molecule has 5 nitrogen and oxygen atoms in total. The topological polar surface area (TPSA) is 66.8 Å². The Labute approximate surface area is 153 Å². The number of benzene rings is 2. The zero-order chi connectivity index (χ0) is 18.4. The molecule has 0 radical (unpaired) electrons.